The van der Waals surface area contributed by atoms with Crippen LogP contribution in [0.2, 0.25) is 5.15 Å². The summed E-state index contributed by atoms with van der Waals surface area (Å²) >= 11 is 6.11. The molecule has 0 spiro atoms. The van der Waals surface area contributed by atoms with Crippen LogP contribution < -0.4 is 4.74 Å². The van der Waals surface area contributed by atoms with E-state index in [4.69, 9.17) is 11.6 Å². The van der Waals surface area contributed by atoms with Gasteiger partial charge in [0.05, 0.1) is 17.8 Å². The smallest absolute Gasteiger partial charge is 0.406 e. The summed E-state index contributed by atoms with van der Waals surface area (Å²) in [7, 11) is 0. The van der Waals surface area contributed by atoms with Crippen molar-refractivity contribution in [2.24, 2.45) is 0 Å². The summed E-state index contributed by atoms with van der Waals surface area (Å²) in [6, 6.07) is 7.97. The Kier molecular flexibility index (Phi) is 4.38. The molecule has 130 valence electrons. The van der Waals surface area contributed by atoms with E-state index in [1.54, 1.807) is 13.0 Å². The van der Waals surface area contributed by atoms with Gasteiger partial charge in [-0.15, -0.1) is 13.2 Å². The van der Waals surface area contributed by atoms with Crippen molar-refractivity contribution in [2.75, 3.05) is 0 Å². The van der Waals surface area contributed by atoms with Crippen molar-refractivity contribution in [3.63, 3.8) is 0 Å². The van der Waals surface area contributed by atoms with Crippen LogP contribution in [0.5, 0.6) is 5.75 Å². The number of nitrogens with zero attached hydrogens (tertiary/aromatic N) is 3. The van der Waals surface area contributed by atoms with Gasteiger partial charge in [-0.3, -0.25) is 4.79 Å². The zero-order valence-electron chi connectivity index (χ0n) is 12.8. The summed E-state index contributed by atoms with van der Waals surface area (Å²) in [4.78, 5) is 16.6. The monoisotopic (exact) mass is 369 g/mol. The van der Waals surface area contributed by atoms with E-state index in [9.17, 15) is 18.0 Å². The Morgan fingerprint density at radius 1 is 1.24 bits per heavy atom. The van der Waals surface area contributed by atoms with Crippen LogP contribution in [0.1, 0.15) is 21.7 Å². The zero-order chi connectivity index (χ0) is 18.2. The van der Waals surface area contributed by atoms with Crippen molar-refractivity contribution in [1.82, 2.24) is 14.6 Å². The molecule has 5 nitrogen and oxygen atoms in total. The van der Waals surface area contributed by atoms with Gasteiger partial charge in [0.15, 0.2) is 11.4 Å². The lowest BCUT2D eigenvalue weighted by Gasteiger charge is -2.09. The fourth-order valence-corrected chi connectivity index (χ4v) is 2.55. The first-order chi connectivity index (χ1) is 11.7. The van der Waals surface area contributed by atoms with Crippen LogP contribution in [-0.4, -0.2) is 26.7 Å². The van der Waals surface area contributed by atoms with Gasteiger partial charge in [0.25, 0.3) is 0 Å². The lowest BCUT2D eigenvalue weighted by atomic mass is 10.1. The number of benzene rings is 1. The Morgan fingerprint density at radius 2 is 1.92 bits per heavy atom. The van der Waals surface area contributed by atoms with E-state index < -0.39 is 6.36 Å². The molecule has 2 aromatic heterocycles. The third-order valence-corrected chi connectivity index (χ3v) is 3.58. The van der Waals surface area contributed by atoms with Crippen molar-refractivity contribution in [2.45, 2.75) is 19.7 Å². The number of hydrogen-bond donors (Lipinski definition) is 0. The van der Waals surface area contributed by atoms with Crippen LogP contribution in [0.15, 0.2) is 36.4 Å². The SMILES string of the molecule is Cc1cc2nc(CC(=O)c3ccc(OC(F)(F)F)cc3)cc(Cl)n2n1. The highest BCUT2D eigenvalue weighted by atomic mass is 35.5. The number of halogens is 4. The van der Waals surface area contributed by atoms with Gasteiger partial charge in [0.2, 0.25) is 0 Å². The van der Waals surface area contributed by atoms with Crippen LogP contribution in [0.25, 0.3) is 5.65 Å². The van der Waals surface area contributed by atoms with Crippen LogP contribution in [-0.2, 0) is 6.42 Å². The number of carbonyl (C=O) groups excluding carboxylic acids is 1. The van der Waals surface area contributed by atoms with Gasteiger partial charge < -0.3 is 4.74 Å². The number of alkyl halides is 3. The van der Waals surface area contributed by atoms with E-state index in [1.807, 2.05) is 0 Å². The van der Waals surface area contributed by atoms with E-state index in [0.29, 0.717) is 16.5 Å². The predicted octanol–water partition coefficient (Wildman–Crippen LogP) is 4.02. The molecule has 0 amide bonds. The molecule has 0 saturated heterocycles. The highest BCUT2D eigenvalue weighted by Gasteiger charge is 2.31. The third kappa shape index (κ3) is 4.08. The predicted molar refractivity (Wildman–Crippen MR) is 83.9 cm³/mol. The average molecular weight is 370 g/mol. The van der Waals surface area contributed by atoms with Crippen LogP contribution in [0.4, 0.5) is 13.2 Å². The molecule has 0 unspecified atom stereocenters. The molecule has 0 radical (unpaired) electrons. The topological polar surface area (TPSA) is 56.5 Å². The summed E-state index contributed by atoms with van der Waals surface area (Å²) in [6.45, 7) is 1.79. The molecule has 0 fully saturated rings. The fourth-order valence-electron chi connectivity index (χ4n) is 2.30. The molecule has 2 heterocycles. The first kappa shape index (κ1) is 17.2. The van der Waals surface area contributed by atoms with Gasteiger partial charge in [-0.05, 0) is 37.3 Å². The van der Waals surface area contributed by atoms with E-state index in [2.05, 4.69) is 14.8 Å². The molecule has 3 rings (SSSR count). The van der Waals surface area contributed by atoms with Crippen molar-refractivity contribution < 1.29 is 22.7 Å². The summed E-state index contributed by atoms with van der Waals surface area (Å²) in [6.07, 6.45) is -4.81. The number of fused-ring (bicyclic) bond motifs is 1. The normalized spacial score (nSPS) is 11.7. The van der Waals surface area contributed by atoms with Gasteiger partial charge in [-0.1, -0.05) is 11.6 Å². The quantitative estimate of drug-likeness (QED) is 0.515. The Morgan fingerprint density at radius 3 is 2.56 bits per heavy atom. The van der Waals surface area contributed by atoms with Crippen LogP contribution in [0, 0.1) is 6.92 Å². The molecule has 0 aliphatic rings. The number of rotatable bonds is 4. The summed E-state index contributed by atoms with van der Waals surface area (Å²) in [5.74, 6) is -0.691. The summed E-state index contributed by atoms with van der Waals surface area (Å²) in [5.41, 5.74) is 1.94. The molecule has 3 aromatic rings. The third-order valence-electron chi connectivity index (χ3n) is 3.31. The van der Waals surface area contributed by atoms with Gasteiger partial charge in [-0.25, -0.2) is 9.50 Å². The molecule has 0 bridgehead atoms. The minimum absolute atomic E-state index is 0.0417. The maximum Gasteiger partial charge on any atom is 0.573 e. The van der Waals surface area contributed by atoms with E-state index >= 15 is 0 Å². The first-order valence-electron chi connectivity index (χ1n) is 7.12. The Bertz CT molecular complexity index is 936. The van der Waals surface area contributed by atoms with Crippen molar-refractivity contribution in [3.05, 3.63) is 58.5 Å². The average Bonchev–Trinajstić information content (AvgIpc) is 2.87. The molecular weight excluding hydrogens is 359 g/mol. The van der Waals surface area contributed by atoms with Gasteiger partial charge >= 0.3 is 6.36 Å². The molecule has 0 saturated carbocycles. The highest BCUT2D eigenvalue weighted by molar-refractivity contribution is 6.29. The minimum atomic E-state index is -4.77. The van der Waals surface area contributed by atoms with Gasteiger partial charge in [-0.2, -0.15) is 5.10 Å². The molecule has 1 aromatic carbocycles. The largest absolute Gasteiger partial charge is 0.573 e. The Hall–Kier alpha value is -2.61. The van der Waals surface area contributed by atoms with Crippen molar-refractivity contribution in [1.29, 1.82) is 0 Å². The van der Waals surface area contributed by atoms with Crippen LogP contribution in [0.3, 0.4) is 0 Å². The lowest BCUT2D eigenvalue weighted by molar-refractivity contribution is -0.274. The number of carbonyl (C=O) groups is 1. The van der Waals surface area contributed by atoms with E-state index in [-0.39, 0.29) is 23.5 Å². The second-order valence-electron chi connectivity index (χ2n) is 5.30. The number of ketones is 1. The molecule has 25 heavy (non-hydrogen) atoms. The van der Waals surface area contributed by atoms with Crippen LogP contribution >= 0.6 is 11.6 Å². The molecule has 0 atom stereocenters. The number of hydrogen-bond acceptors (Lipinski definition) is 4. The standard InChI is InChI=1S/C16H11ClF3N3O2/c1-9-6-15-21-11(8-14(17)23(15)22-9)7-13(24)10-2-4-12(5-3-10)25-16(18,19)20/h2-6,8H,7H2,1H3. The van der Waals surface area contributed by atoms with Gasteiger partial charge in [0.1, 0.15) is 10.9 Å². The molecule has 0 N–H and O–H groups in total. The second kappa shape index (κ2) is 6.36. The Balaban J connectivity index is 1.78. The van der Waals surface area contributed by atoms with E-state index in [1.165, 1.54) is 22.7 Å². The molecular formula is C16H11ClF3N3O2. The maximum absolute atomic E-state index is 12.3. The minimum Gasteiger partial charge on any atom is -0.406 e. The fraction of sp³-hybridized carbons (Fsp3) is 0.188. The first-order valence-corrected chi connectivity index (χ1v) is 7.50. The molecule has 0 aliphatic heterocycles. The number of ether oxygens (including phenoxy) is 1. The number of aryl methyl sites for hydroxylation is 1. The second-order valence-corrected chi connectivity index (χ2v) is 5.69. The van der Waals surface area contributed by atoms with Crippen molar-refractivity contribution >= 4 is 23.0 Å². The number of Topliss-reactive ketones (excluding diaryl/α,β-unsaturated/α-hetero) is 1. The maximum atomic E-state index is 12.3. The highest BCUT2D eigenvalue weighted by Crippen LogP contribution is 2.23. The Labute approximate surface area is 145 Å². The zero-order valence-corrected chi connectivity index (χ0v) is 13.6. The summed E-state index contributed by atoms with van der Waals surface area (Å²) < 4.78 is 41.6. The lowest BCUT2D eigenvalue weighted by Crippen LogP contribution is -2.17. The van der Waals surface area contributed by atoms with Gasteiger partial charge in [0, 0.05) is 11.6 Å². The van der Waals surface area contributed by atoms with Crippen molar-refractivity contribution in [3.8, 4) is 5.75 Å². The summed E-state index contributed by atoms with van der Waals surface area (Å²) in [5, 5.41) is 4.48. The molecule has 0 aliphatic carbocycles. The molecule has 9 heteroatoms. The van der Waals surface area contributed by atoms with E-state index in [0.717, 1.165) is 17.8 Å². The number of aromatic nitrogens is 3.